The van der Waals surface area contributed by atoms with E-state index in [0.29, 0.717) is 24.1 Å². The molecular weight excluding hydrogens is 416 g/mol. The number of rotatable bonds is 6. The van der Waals surface area contributed by atoms with Crippen LogP contribution in [0.5, 0.6) is 5.75 Å². The molecule has 0 amide bonds. The van der Waals surface area contributed by atoms with Crippen molar-refractivity contribution in [2.24, 2.45) is 0 Å². The molecule has 0 atom stereocenters. The van der Waals surface area contributed by atoms with E-state index < -0.39 is 0 Å². The van der Waals surface area contributed by atoms with Gasteiger partial charge in [-0.1, -0.05) is 27.7 Å². The SMILES string of the molecule is CCOc1ccc2nc(SCc3nnc(-c4ccc(Br)cc4)o3)[nH]c2c1. The quantitative estimate of drug-likeness (QED) is 0.430. The molecule has 0 unspecified atom stereocenters. The number of nitrogens with one attached hydrogen (secondary N) is 1. The van der Waals surface area contributed by atoms with E-state index in [9.17, 15) is 0 Å². The predicted octanol–water partition coefficient (Wildman–Crippen LogP) is 5.07. The van der Waals surface area contributed by atoms with Crippen LogP contribution in [-0.2, 0) is 5.75 Å². The Morgan fingerprint density at radius 2 is 2.00 bits per heavy atom. The van der Waals surface area contributed by atoms with Gasteiger partial charge in [-0.15, -0.1) is 10.2 Å². The Bertz CT molecular complexity index is 1030. The minimum absolute atomic E-state index is 0.513. The first-order chi connectivity index (χ1) is 12.7. The van der Waals surface area contributed by atoms with Crippen LogP contribution in [0.1, 0.15) is 12.8 Å². The molecule has 26 heavy (non-hydrogen) atoms. The Kier molecular flexibility index (Phi) is 4.94. The van der Waals surface area contributed by atoms with E-state index in [4.69, 9.17) is 9.15 Å². The third-order valence-electron chi connectivity index (χ3n) is 3.63. The third-order valence-corrected chi connectivity index (χ3v) is 5.02. The van der Waals surface area contributed by atoms with Gasteiger partial charge in [-0.05, 0) is 43.3 Å². The number of fused-ring (bicyclic) bond motifs is 1. The van der Waals surface area contributed by atoms with Crippen molar-refractivity contribution in [2.45, 2.75) is 17.8 Å². The first kappa shape index (κ1) is 17.1. The number of thioether (sulfide) groups is 1. The van der Waals surface area contributed by atoms with Crippen LogP contribution in [0.2, 0.25) is 0 Å². The molecule has 8 heteroatoms. The normalized spacial score (nSPS) is 11.2. The number of halogens is 1. The van der Waals surface area contributed by atoms with E-state index in [-0.39, 0.29) is 0 Å². The molecule has 0 saturated carbocycles. The number of imidazole rings is 1. The van der Waals surface area contributed by atoms with E-state index in [0.717, 1.165) is 32.0 Å². The van der Waals surface area contributed by atoms with E-state index in [1.54, 1.807) is 0 Å². The number of hydrogen-bond donors (Lipinski definition) is 1. The number of H-pyrrole nitrogens is 1. The Morgan fingerprint density at radius 3 is 2.81 bits per heavy atom. The van der Waals surface area contributed by atoms with Crippen LogP contribution in [-0.4, -0.2) is 26.8 Å². The molecule has 0 aliphatic heterocycles. The van der Waals surface area contributed by atoms with E-state index in [1.807, 2.05) is 49.4 Å². The van der Waals surface area contributed by atoms with Crippen LogP contribution in [0.25, 0.3) is 22.5 Å². The molecule has 0 saturated heterocycles. The van der Waals surface area contributed by atoms with Crippen LogP contribution in [0, 0.1) is 0 Å². The van der Waals surface area contributed by atoms with Gasteiger partial charge in [0.05, 0.1) is 23.4 Å². The van der Waals surface area contributed by atoms with Crippen molar-refractivity contribution in [3.63, 3.8) is 0 Å². The van der Waals surface area contributed by atoms with E-state index in [2.05, 4.69) is 36.1 Å². The highest BCUT2D eigenvalue weighted by Crippen LogP contribution is 2.26. The largest absolute Gasteiger partial charge is 0.494 e. The maximum atomic E-state index is 5.74. The molecule has 2 heterocycles. The number of aromatic amines is 1. The summed E-state index contributed by atoms with van der Waals surface area (Å²) in [5, 5.41) is 9.03. The zero-order valence-corrected chi connectivity index (χ0v) is 16.3. The van der Waals surface area contributed by atoms with Crippen LogP contribution in [0.4, 0.5) is 0 Å². The Balaban J connectivity index is 1.45. The first-order valence-corrected chi connectivity index (χ1v) is 9.83. The number of hydrogen-bond acceptors (Lipinski definition) is 6. The standard InChI is InChI=1S/C18H15BrN4O2S/c1-2-24-13-7-8-14-15(9-13)21-18(20-14)26-10-16-22-23-17(25-16)11-3-5-12(19)6-4-11/h3-9H,2,10H2,1H3,(H,20,21). The topological polar surface area (TPSA) is 76.8 Å². The summed E-state index contributed by atoms with van der Waals surface area (Å²) in [5.74, 6) is 2.44. The summed E-state index contributed by atoms with van der Waals surface area (Å²) in [6, 6.07) is 13.6. The monoisotopic (exact) mass is 430 g/mol. The predicted molar refractivity (Wildman–Crippen MR) is 104 cm³/mol. The molecule has 2 aromatic carbocycles. The molecule has 6 nitrogen and oxygen atoms in total. The summed E-state index contributed by atoms with van der Waals surface area (Å²) in [6.45, 7) is 2.60. The number of aromatic nitrogens is 4. The molecule has 132 valence electrons. The highest BCUT2D eigenvalue weighted by molar-refractivity contribution is 9.10. The van der Waals surface area contributed by atoms with Gasteiger partial charge in [0, 0.05) is 16.1 Å². The van der Waals surface area contributed by atoms with Gasteiger partial charge >= 0.3 is 0 Å². The lowest BCUT2D eigenvalue weighted by molar-refractivity contribution is 0.340. The average Bonchev–Trinajstić information content (AvgIpc) is 3.27. The highest BCUT2D eigenvalue weighted by Gasteiger charge is 2.11. The van der Waals surface area contributed by atoms with Gasteiger partial charge in [0.25, 0.3) is 0 Å². The van der Waals surface area contributed by atoms with Crippen LogP contribution in [0.3, 0.4) is 0 Å². The van der Waals surface area contributed by atoms with E-state index >= 15 is 0 Å². The summed E-state index contributed by atoms with van der Waals surface area (Å²) in [6.07, 6.45) is 0. The second-order valence-electron chi connectivity index (χ2n) is 5.45. The van der Waals surface area contributed by atoms with Crippen LogP contribution < -0.4 is 4.74 Å². The second-order valence-corrected chi connectivity index (χ2v) is 7.33. The summed E-state index contributed by atoms with van der Waals surface area (Å²) >= 11 is 4.93. The molecule has 2 aromatic heterocycles. The fourth-order valence-electron chi connectivity index (χ4n) is 2.44. The smallest absolute Gasteiger partial charge is 0.247 e. The third kappa shape index (κ3) is 3.76. The van der Waals surface area contributed by atoms with Gasteiger partial charge in [0.1, 0.15) is 5.75 Å². The summed E-state index contributed by atoms with van der Waals surface area (Å²) in [5.41, 5.74) is 2.74. The van der Waals surface area contributed by atoms with Crippen molar-refractivity contribution in [1.82, 2.24) is 20.2 Å². The minimum Gasteiger partial charge on any atom is -0.494 e. The maximum Gasteiger partial charge on any atom is 0.247 e. The van der Waals surface area contributed by atoms with Crippen molar-refractivity contribution in [3.05, 3.63) is 52.8 Å². The zero-order valence-electron chi connectivity index (χ0n) is 13.9. The van der Waals surface area contributed by atoms with Gasteiger partial charge in [-0.2, -0.15) is 0 Å². The van der Waals surface area contributed by atoms with Crippen molar-refractivity contribution in [1.29, 1.82) is 0 Å². The van der Waals surface area contributed by atoms with Gasteiger partial charge in [-0.25, -0.2) is 4.98 Å². The van der Waals surface area contributed by atoms with Crippen molar-refractivity contribution >= 4 is 38.7 Å². The Morgan fingerprint density at radius 1 is 1.15 bits per heavy atom. The molecule has 1 N–H and O–H groups in total. The molecule has 4 rings (SSSR count). The zero-order chi connectivity index (χ0) is 17.9. The summed E-state index contributed by atoms with van der Waals surface area (Å²) < 4.78 is 12.3. The van der Waals surface area contributed by atoms with Gasteiger partial charge in [0.15, 0.2) is 5.16 Å². The first-order valence-electron chi connectivity index (χ1n) is 8.05. The fraction of sp³-hybridized carbons (Fsp3) is 0.167. The lowest BCUT2D eigenvalue weighted by atomic mass is 10.2. The minimum atomic E-state index is 0.513. The van der Waals surface area contributed by atoms with Gasteiger partial charge in [-0.3, -0.25) is 0 Å². The lowest BCUT2D eigenvalue weighted by Gasteiger charge is -2.00. The number of benzene rings is 2. The summed E-state index contributed by atoms with van der Waals surface area (Å²) in [4.78, 5) is 7.85. The summed E-state index contributed by atoms with van der Waals surface area (Å²) in [7, 11) is 0. The van der Waals surface area contributed by atoms with Crippen molar-refractivity contribution in [3.8, 4) is 17.2 Å². The van der Waals surface area contributed by atoms with Crippen molar-refractivity contribution < 1.29 is 9.15 Å². The average molecular weight is 431 g/mol. The molecule has 0 aliphatic rings. The lowest BCUT2D eigenvalue weighted by Crippen LogP contribution is -1.90. The molecule has 0 bridgehead atoms. The molecule has 0 spiro atoms. The van der Waals surface area contributed by atoms with Gasteiger partial charge in [0.2, 0.25) is 11.8 Å². The second kappa shape index (κ2) is 7.51. The molecule has 4 aromatic rings. The van der Waals surface area contributed by atoms with Crippen molar-refractivity contribution in [2.75, 3.05) is 6.61 Å². The Hall–Kier alpha value is -2.32. The molecule has 0 aliphatic carbocycles. The maximum absolute atomic E-state index is 5.74. The molecule has 0 fully saturated rings. The number of nitrogens with zero attached hydrogens (tertiary/aromatic N) is 3. The highest BCUT2D eigenvalue weighted by atomic mass is 79.9. The van der Waals surface area contributed by atoms with Gasteiger partial charge < -0.3 is 14.1 Å². The molecule has 0 radical (unpaired) electrons. The van der Waals surface area contributed by atoms with Crippen LogP contribution in [0.15, 0.2) is 56.5 Å². The van der Waals surface area contributed by atoms with Crippen LogP contribution >= 0.6 is 27.7 Å². The molecular formula is C18H15BrN4O2S. The Labute approximate surface area is 162 Å². The fourth-order valence-corrected chi connectivity index (χ4v) is 3.43. The van der Waals surface area contributed by atoms with E-state index in [1.165, 1.54) is 11.8 Å². The number of ether oxygens (including phenoxy) is 1.